The number of hydrogen-bond donors (Lipinski definition) is 0. The van der Waals surface area contributed by atoms with Crippen LogP contribution < -0.4 is 0 Å². The molecule has 5 aliphatic carbocycles. The molecule has 3 unspecified atom stereocenters. The summed E-state index contributed by atoms with van der Waals surface area (Å²) in [6.45, 7) is 21.1. The summed E-state index contributed by atoms with van der Waals surface area (Å²) in [5.74, 6) is 4.32. The molecule has 1 saturated heterocycles. The van der Waals surface area contributed by atoms with Gasteiger partial charge in [-0.05, 0) is 109 Å². The van der Waals surface area contributed by atoms with E-state index in [1.54, 1.807) is 0 Å². The maximum atomic E-state index is 7.11. The van der Waals surface area contributed by atoms with Crippen LogP contribution in [0, 0.1) is 56.7 Å². The Morgan fingerprint density at radius 3 is 2.06 bits per heavy atom. The normalized spacial score (nSPS) is 61.6. The molecule has 31 heavy (non-hydrogen) atoms. The lowest BCUT2D eigenvalue weighted by Gasteiger charge is -2.70. The van der Waals surface area contributed by atoms with Crippen LogP contribution in [0.4, 0.5) is 0 Å². The molecule has 0 aromatic rings. The molecule has 176 valence electrons. The van der Waals surface area contributed by atoms with Gasteiger partial charge in [0.05, 0.1) is 6.10 Å². The van der Waals surface area contributed by atoms with Crippen molar-refractivity contribution in [3.63, 3.8) is 0 Å². The Hall–Kier alpha value is -0.0400. The van der Waals surface area contributed by atoms with E-state index in [0.717, 1.165) is 29.6 Å². The van der Waals surface area contributed by atoms with Gasteiger partial charge >= 0.3 is 0 Å². The van der Waals surface area contributed by atoms with E-state index in [-0.39, 0.29) is 5.60 Å². The highest BCUT2D eigenvalue weighted by Gasteiger charge is 2.83. The van der Waals surface area contributed by atoms with Gasteiger partial charge in [-0.2, -0.15) is 0 Å². The van der Waals surface area contributed by atoms with Crippen LogP contribution >= 0.6 is 0 Å². The van der Waals surface area contributed by atoms with E-state index in [2.05, 4.69) is 55.4 Å². The number of epoxide rings is 1. The van der Waals surface area contributed by atoms with Crippen molar-refractivity contribution in [1.29, 1.82) is 0 Å². The molecule has 1 aliphatic heterocycles. The monoisotopic (exact) mass is 426 g/mol. The second kappa shape index (κ2) is 5.95. The van der Waals surface area contributed by atoms with Gasteiger partial charge in [0.25, 0.3) is 0 Å². The Labute approximate surface area is 192 Å². The summed E-state index contributed by atoms with van der Waals surface area (Å²) in [6, 6.07) is 0. The van der Waals surface area contributed by atoms with Gasteiger partial charge < -0.3 is 4.74 Å². The molecule has 1 heterocycles. The molecule has 0 bridgehead atoms. The van der Waals surface area contributed by atoms with E-state index in [0.29, 0.717) is 33.2 Å². The van der Waals surface area contributed by atoms with Crippen LogP contribution in [0.3, 0.4) is 0 Å². The molecule has 0 N–H and O–H groups in total. The minimum atomic E-state index is 0.214. The summed E-state index contributed by atoms with van der Waals surface area (Å²) >= 11 is 0. The highest BCUT2D eigenvalue weighted by Crippen LogP contribution is 2.83. The largest absolute Gasteiger partial charge is 0.365 e. The third-order valence-electron chi connectivity index (χ3n) is 14.0. The van der Waals surface area contributed by atoms with Crippen LogP contribution in [-0.4, -0.2) is 11.7 Å². The maximum Gasteiger partial charge on any atom is 0.104 e. The van der Waals surface area contributed by atoms with Gasteiger partial charge in [0.1, 0.15) is 5.60 Å². The quantitative estimate of drug-likeness (QED) is 0.384. The maximum absolute atomic E-state index is 7.11. The molecule has 0 amide bonds. The smallest absolute Gasteiger partial charge is 0.104 e. The van der Waals surface area contributed by atoms with E-state index < -0.39 is 0 Å². The zero-order valence-electron chi connectivity index (χ0n) is 21.9. The number of fused-ring (bicyclic) bond motifs is 5. The van der Waals surface area contributed by atoms with Crippen LogP contribution in [0.25, 0.3) is 0 Å². The van der Waals surface area contributed by atoms with Crippen molar-refractivity contribution in [2.24, 2.45) is 56.7 Å². The van der Waals surface area contributed by atoms with E-state index in [1.807, 2.05) is 0 Å². The fourth-order valence-corrected chi connectivity index (χ4v) is 12.6. The highest BCUT2D eigenvalue weighted by atomic mass is 16.6. The van der Waals surface area contributed by atoms with Crippen LogP contribution in [0.5, 0.6) is 0 Å². The third kappa shape index (κ3) is 2.21. The average molecular weight is 427 g/mol. The average Bonchev–Trinajstić information content (AvgIpc) is 3.25. The van der Waals surface area contributed by atoms with Crippen LogP contribution in [0.1, 0.15) is 120 Å². The molecule has 10 atom stereocenters. The second-order valence-electron chi connectivity index (χ2n) is 15.4. The first kappa shape index (κ1) is 21.5. The molecule has 1 spiro atoms. The molecule has 0 aromatic carbocycles. The van der Waals surface area contributed by atoms with E-state index in [4.69, 9.17) is 4.74 Å². The van der Waals surface area contributed by atoms with E-state index in [9.17, 15) is 0 Å². The van der Waals surface area contributed by atoms with Crippen molar-refractivity contribution in [3.8, 4) is 0 Å². The fourth-order valence-electron chi connectivity index (χ4n) is 12.6. The number of hydrogen-bond acceptors (Lipinski definition) is 1. The fraction of sp³-hybridized carbons (Fsp3) is 1.00. The summed E-state index contributed by atoms with van der Waals surface area (Å²) in [6.07, 6.45) is 14.9. The van der Waals surface area contributed by atoms with E-state index in [1.165, 1.54) is 64.2 Å². The van der Waals surface area contributed by atoms with Gasteiger partial charge in [-0.15, -0.1) is 0 Å². The van der Waals surface area contributed by atoms with Crippen molar-refractivity contribution in [2.45, 2.75) is 131 Å². The molecule has 1 nitrogen and oxygen atoms in total. The zero-order valence-corrected chi connectivity index (χ0v) is 21.9. The van der Waals surface area contributed by atoms with Gasteiger partial charge in [-0.1, -0.05) is 61.8 Å². The summed E-state index contributed by atoms with van der Waals surface area (Å²) in [7, 11) is 0. The molecule has 6 fully saturated rings. The molecule has 6 aliphatic rings. The van der Waals surface area contributed by atoms with Crippen molar-refractivity contribution in [1.82, 2.24) is 0 Å². The van der Waals surface area contributed by atoms with E-state index >= 15 is 0 Å². The van der Waals surface area contributed by atoms with Gasteiger partial charge in [0.2, 0.25) is 0 Å². The Morgan fingerprint density at radius 1 is 0.677 bits per heavy atom. The first-order valence-corrected chi connectivity index (χ1v) is 14.0. The molecular weight excluding hydrogens is 376 g/mol. The van der Waals surface area contributed by atoms with Gasteiger partial charge in [0.15, 0.2) is 0 Å². The molecule has 1 heteroatoms. The predicted octanol–water partition coefficient (Wildman–Crippen LogP) is 8.27. The van der Waals surface area contributed by atoms with Crippen molar-refractivity contribution in [3.05, 3.63) is 0 Å². The predicted molar refractivity (Wildman–Crippen MR) is 129 cm³/mol. The van der Waals surface area contributed by atoms with Crippen LogP contribution in [0.15, 0.2) is 0 Å². The third-order valence-corrected chi connectivity index (χ3v) is 14.0. The van der Waals surface area contributed by atoms with Crippen molar-refractivity contribution >= 4 is 0 Å². The highest BCUT2D eigenvalue weighted by molar-refractivity contribution is 5.31. The minimum Gasteiger partial charge on any atom is -0.365 e. The molecular formula is C30H50O. The number of ether oxygens (including phenoxy) is 1. The summed E-state index contributed by atoms with van der Waals surface area (Å²) < 4.78 is 7.11. The Bertz CT molecular complexity index is 783. The minimum absolute atomic E-state index is 0.214. The zero-order chi connectivity index (χ0) is 22.2. The Kier molecular flexibility index (Phi) is 4.13. The van der Waals surface area contributed by atoms with Crippen molar-refractivity contribution < 1.29 is 4.74 Å². The first-order valence-electron chi connectivity index (χ1n) is 14.0. The first-order chi connectivity index (χ1) is 14.4. The molecule has 0 radical (unpaired) electrons. The van der Waals surface area contributed by atoms with Crippen molar-refractivity contribution in [2.75, 3.05) is 0 Å². The summed E-state index contributed by atoms with van der Waals surface area (Å²) in [4.78, 5) is 0. The Balaban J connectivity index is 1.41. The molecule has 0 aromatic heterocycles. The van der Waals surface area contributed by atoms with Crippen LogP contribution in [-0.2, 0) is 4.74 Å². The lowest BCUT2D eigenvalue weighted by Crippen LogP contribution is -2.68. The van der Waals surface area contributed by atoms with Gasteiger partial charge in [-0.3, -0.25) is 0 Å². The summed E-state index contributed by atoms with van der Waals surface area (Å²) in [5, 5.41) is 0. The SMILES string of the molecule is CC(C)[C@H]1CCC2[C@]1(C)CC[C@]1(C)C3CCC4C(C)(C)CCC[C@]4(C)[C@@]34O[C@@H]4C[C@@]21C. The topological polar surface area (TPSA) is 12.5 Å². The lowest BCUT2D eigenvalue weighted by atomic mass is 9.33. The second-order valence-corrected chi connectivity index (χ2v) is 15.4. The lowest BCUT2D eigenvalue weighted by molar-refractivity contribution is -0.213. The molecule has 6 rings (SSSR count). The molecule has 5 saturated carbocycles. The van der Waals surface area contributed by atoms with Crippen LogP contribution in [0.2, 0.25) is 0 Å². The standard InChI is InChI=1S/C30H50O/c1-19(2)20-10-11-22-26(20,5)16-17-27(6)23-13-12-21-25(3,4)14-9-15-28(21,7)30(23)24(31-30)18-29(22,27)8/h19-24H,9-18H2,1-8H3/t20-,21?,22?,23?,24-,26-,27-,28+,29+,30-/m1/s1. The van der Waals surface area contributed by atoms with Gasteiger partial charge in [0, 0.05) is 5.41 Å². The number of rotatable bonds is 1. The van der Waals surface area contributed by atoms with Gasteiger partial charge in [-0.25, -0.2) is 0 Å². The summed E-state index contributed by atoms with van der Waals surface area (Å²) in [5.41, 5.74) is 2.60. The Morgan fingerprint density at radius 2 is 1.35 bits per heavy atom.